The first-order valence-electron chi connectivity index (χ1n) is 6.75. The first-order chi connectivity index (χ1) is 9.74. The Morgan fingerprint density at radius 1 is 1.30 bits per heavy atom. The summed E-state index contributed by atoms with van der Waals surface area (Å²) in [5, 5.41) is 13.1. The molecule has 108 valence electrons. The van der Waals surface area contributed by atoms with E-state index in [0.717, 1.165) is 41.1 Å². The van der Waals surface area contributed by atoms with Crippen molar-refractivity contribution in [2.45, 2.75) is 6.42 Å². The molecule has 0 spiro atoms. The van der Waals surface area contributed by atoms with Gasteiger partial charge in [0, 0.05) is 43.1 Å². The van der Waals surface area contributed by atoms with Gasteiger partial charge in [-0.1, -0.05) is 18.2 Å². The fourth-order valence-corrected chi connectivity index (χ4v) is 2.87. The summed E-state index contributed by atoms with van der Waals surface area (Å²) in [6.07, 6.45) is 0.833. The lowest BCUT2D eigenvalue weighted by Crippen LogP contribution is -2.18. The standard InChI is InChI=1S/C15H20N2O2S/c1-17-14-6-3-2-5-12(14)13(11-15(17)19)16-7-10-20-9-4-8-18/h2-3,5-6,11,16,18H,4,7-10H2,1H3. The number of thioether (sulfide) groups is 1. The summed E-state index contributed by atoms with van der Waals surface area (Å²) in [7, 11) is 1.79. The van der Waals surface area contributed by atoms with Crippen LogP contribution in [0.2, 0.25) is 0 Å². The lowest BCUT2D eigenvalue weighted by molar-refractivity contribution is 0.296. The molecule has 20 heavy (non-hydrogen) atoms. The Bertz CT molecular complexity index is 625. The first kappa shape index (κ1) is 14.9. The van der Waals surface area contributed by atoms with E-state index in [1.807, 2.05) is 24.3 Å². The van der Waals surface area contributed by atoms with E-state index in [-0.39, 0.29) is 12.2 Å². The van der Waals surface area contributed by atoms with E-state index < -0.39 is 0 Å². The van der Waals surface area contributed by atoms with Crippen LogP contribution in [0.1, 0.15) is 6.42 Å². The second-order valence-corrected chi connectivity index (χ2v) is 5.81. The Morgan fingerprint density at radius 3 is 2.90 bits per heavy atom. The monoisotopic (exact) mass is 292 g/mol. The van der Waals surface area contributed by atoms with Crippen LogP contribution >= 0.6 is 11.8 Å². The van der Waals surface area contributed by atoms with E-state index in [4.69, 9.17) is 5.11 Å². The fourth-order valence-electron chi connectivity index (χ4n) is 2.08. The molecule has 2 rings (SSSR count). The average molecular weight is 292 g/mol. The Hall–Kier alpha value is -1.46. The SMILES string of the molecule is Cn1c(=O)cc(NCCSCCCO)c2ccccc21. The Morgan fingerprint density at radius 2 is 2.10 bits per heavy atom. The van der Waals surface area contributed by atoms with E-state index in [9.17, 15) is 4.79 Å². The van der Waals surface area contributed by atoms with Crippen LogP contribution in [-0.2, 0) is 7.05 Å². The molecule has 2 N–H and O–H groups in total. The van der Waals surface area contributed by atoms with Gasteiger partial charge in [-0.05, 0) is 18.2 Å². The van der Waals surface area contributed by atoms with Crippen molar-refractivity contribution in [3.05, 3.63) is 40.7 Å². The molecular formula is C15H20N2O2S. The van der Waals surface area contributed by atoms with Gasteiger partial charge in [-0.3, -0.25) is 4.79 Å². The van der Waals surface area contributed by atoms with Crippen molar-refractivity contribution < 1.29 is 5.11 Å². The topological polar surface area (TPSA) is 54.3 Å². The molecule has 0 aliphatic rings. The van der Waals surface area contributed by atoms with Gasteiger partial charge in [-0.2, -0.15) is 11.8 Å². The molecule has 0 aliphatic carbocycles. The molecular weight excluding hydrogens is 272 g/mol. The summed E-state index contributed by atoms with van der Waals surface area (Å²) < 4.78 is 1.66. The zero-order valence-electron chi connectivity index (χ0n) is 11.6. The molecule has 5 heteroatoms. The van der Waals surface area contributed by atoms with Gasteiger partial charge in [0.1, 0.15) is 0 Å². The van der Waals surface area contributed by atoms with Crippen LogP contribution in [0.25, 0.3) is 10.9 Å². The predicted octanol–water partition coefficient (Wildman–Crippen LogP) is 2.07. The van der Waals surface area contributed by atoms with Crippen molar-refractivity contribution in [2.24, 2.45) is 7.05 Å². The van der Waals surface area contributed by atoms with Gasteiger partial charge in [0.2, 0.25) is 0 Å². The lowest BCUT2D eigenvalue weighted by Gasteiger charge is -2.12. The van der Waals surface area contributed by atoms with E-state index in [0.29, 0.717) is 0 Å². The van der Waals surface area contributed by atoms with E-state index in [1.165, 1.54) is 0 Å². The van der Waals surface area contributed by atoms with Gasteiger partial charge < -0.3 is 15.0 Å². The number of aryl methyl sites for hydroxylation is 1. The molecule has 4 nitrogen and oxygen atoms in total. The number of anilines is 1. The van der Waals surface area contributed by atoms with Crippen molar-refractivity contribution in [3.63, 3.8) is 0 Å². The molecule has 0 bridgehead atoms. The molecule has 0 saturated heterocycles. The maximum atomic E-state index is 11.9. The predicted molar refractivity (Wildman–Crippen MR) is 86.7 cm³/mol. The highest BCUT2D eigenvalue weighted by Crippen LogP contribution is 2.20. The zero-order valence-corrected chi connectivity index (χ0v) is 12.4. The molecule has 0 saturated carbocycles. The molecule has 0 atom stereocenters. The number of benzene rings is 1. The minimum atomic E-state index is -0.000802. The third kappa shape index (κ3) is 3.55. The second kappa shape index (κ2) is 7.36. The third-order valence-corrected chi connectivity index (χ3v) is 4.23. The highest BCUT2D eigenvalue weighted by Gasteiger charge is 2.05. The molecule has 2 aromatic rings. The van der Waals surface area contributed by atoms with E-state index in [2.05, 4.69) is 5.32 Å². The number of para-hydroxylation sites is 1. The number of pyridine rings is 1. The number of nitrogens with zero attached hydrogens (tertiary/aromatic N) is 1. The maximum Gasteiger partial charge on any atom is 0.252 e. The second-order valence-electron chi connectivity index (χ2n) is 4.59. The first-order valence-corrected chi connectivity index (χ1v) is 7.91. The van der Waals surface area contributed by atoms with Crippen LogP contribution in [0.5, 0.6) is 0 Å². The number of aliphatic hydroxyl groups excluding tert-OH is 1. The molecule has 0 radical (unpaired) electrons. The third-order valence-electron chi connectivity index (χ3n) is 3.16. The molecule has 0 aliphatic heterocycles. The summed E-state index contributed by atoms with van der Waals surface area (Å²) in [6, 6.07) is 9.55. The van der Waals surface area contributed by atoms with Crippen molar-refractivity contribution in [2.75, 3.05) is 30.0 Å². The maximum absolute atomic E-state index is 11.9. The minimum absolute atomic E-state index is 0.000802. The minimum Gasteiger partial charge on any atom is -0.396 e. The summed E-state index contributed by atoms with van der Waals surface area (Å²) in [4.78, 5) is 11.9. The van der Waals surface area contributed by atoms with Crippen molar-refractivity contribution >= 4 is 28.4 Å². The van der Waals surface area contributed by atoms with Crippen LogP contribution in [-0.4, -0.2) is 34.3 Å². The number of rotatable bonds is 7. The number of hydrogen-bond donors (Lipinski definition) is 2. The lowest BCUT2D eigenvalue weighted by atomic mass is 10.2. The van der Waals surface area contributed by atoms with E-state index in [1.54, 1.807) is 29.4 Å². The number of hydrogen-bond acceptors (Lipinski definition) is 4. The summed E-state index contributed by atoms with van der Waals surface area (Å²) in [5.74, 6) is 1.93. The Kier molecular flexibility index (Phi) is 5.49. The van der Waals surface area contributed by atoms with Gasteiger partial charge in [0.25, 0.3) is 5.56 Å². The number of aromatic nitrogens is 1. The van der Waals surface area contributed by atoms with Crippen molar-refractivity contribution in [1.82, 2.24) is 4.57 Å². The van der Waals surface area contributed by atoms with Crippen LogP contribution < -0.4 is 10.9 Å². The van der Waals surface area contributed by atoms with Gasteiger partial charge in [-0.25, -0.2) is 0 Å². The normalized spacial score (nSPS) is 10.9. The highest BCUT2D eigenvalue weighted by molar-refractivity contribution is 7.99. The number of fused-ring (bicyclic) bond motifs is 1. The van der Waals surface area contributed by atoms with E-state index >= 15 is 0 Å². The Labute approximate surface area is 122 Å². The van der Waals surface area contributed by atoms with Crippen LogP contribution in [0.4, 0.5) is 5.69 Å². The molecule has 1 aromatic carbocycles. The van der Waals surface area contributed by atoms with Crippen molar-refractivity contribution in [1.29, 1.82) is 0 Å². The number of nitrogens with one attached hydrogen (secondary N) is 1. The summed E-state index contributed by atoms with van der Waals surface area (Å²) in [5.41, 5.74) is 1.83. The van der Waals surface area contributed by atoms with Gasteiger partial charge >= 0.3 is 0 Å². The highest BCUT2D eigenvalue weighted by atomic mass is 32.2. The van der Waals surface area contributed by atoms with Crippen molar-refractivity contribution in [3.8, 4) is 0 Å². The van der Waals surface area contributed by atoms with Crippen LogP contribution in [0.3, 0.4) is 0 Å². The Balaban J connectivity index is 2.07. The van der Waals surface area contributed by atoms with Gasteiger partial charge in [-0.15, -0.1) is 0 Å². The average Bonchev–Trinajstić information content (AvgIpc) is 2.47. The summed E-state index contributed by atoms with van der Waals surface area (Å²) in [6.45, 7) is 1.06. The van der Waals surface area contributed by atoms with Crippen LogP contribution in [0.15, 0.2) is 35.1 Å². The van der Waals surface area contributed by atoms with Gasteiger partial charge in [0.05, 0.1) is 5.52 Å². The largest absolute Gasteiger partial charge is 0.396 e. The van der Waals surface area contributed by atoms with Crippen LogP contribution in [0, 0.1) is 0 Å². The molecule has 0 fully saturated rings. The molecule has 0 unspecified atom stereocenters. The zero-order chi connectivity index (χ0) is 14.4. The fraction of sp³-hybridized carbons (Fsp3) is 0.400. The molecule has 0 amide bonds. The molecule has 1 heterocycles. The molecule has 1 aromatic heterocycles. The quantitative estimate of drug-likeness (QED) is 0.767. The van der Waals surface area contributed by atoms with Gasteiger partial charge in [0.15, 0.2) is 0 Å². The number of aliphatic hydroxyl groups is 1. The smallest absolute Gasteiger partial charge is 0.252 e. The summed E-state index contributed by atoms with van der Waals surface area (Å²) >= 11 is 1.80.